The van der Waals surface area contributed by atoms with E-state index in [4.69, 9.17) is 0 Å². The second-order valence-electron chi connectivity index (χ2n) is 4.30. The molecule has 3 aromatic rings. The average Bonchev–Trinajstić information content (AvgIpc) is 3.01. The summed E-state index contributed by atoms with van der Waals surface area (Å²) in [5, 5.41) is 8.74. The standard InChI is InChI=1S/C14H12BrN3S2/c1-9(11-7-8-13(15)19-11)16-17-14-18(2)10-5-3-4-6-12(10)20-14/h3-8H,1-2H3/b16-9+,17-14-. The lowest BCUT2D eigenvalue weighted by molar-refractivity contribution is 0.888. The minimum absolute atomic E-state index is 0.904. The number of aromatic nitrogens is 1. The van der Waals surface area contributed by atoms with Gasteiger partial charge in [0, 0.05) is 7.05 Å². The Balaban J connectivity index is 2.04. The average molecular weight is 366 g/mol. The molecule has 2 heterocycles. The molecule has 102 valence electrons. The molecule has 0 aliphatic heterocycles. The summed E-state index contributed by atoms with van der Waals surface area (Å²) in [6, 6.07) is 12.4. The smallest absolute Gasteiger partial charge is 0.211 e. The number of halogens is 1. The van der Waals surface area contributed by atoms with Crippen molar-refractivity contribution in [2.24, 2.45) is 17.3 Å². The molecule has 0 unspecified atom stereocenters. The zero-order chi connectivity index (χ0) is 14.1. The van der Waals surface area contributed by atoms with Crippen LogP contribution in [0.1, 0.15) is 11.8 Å². The van der Waals surface area contributed by atoms with Crippen molar-refractivity contribution < 1.29 is 0 Å². The molecule has 3 nitrogen and oxygen atoms in total. The van der Waals surface area contributed by atoms with Gasteiger partial charge in [0.25, 0.3) is 0 Å². The van der Waals surface area contributed by atoms with Crippen LogP contribution >= 0.6 is 38.6 Å². The number of nitrogens with zero attached hydrogens (tertiary/aromatic N) is 3. The molecule has 0 radical (unpaired) electrons. The third kappa shape index (κ3) is 2.63. The van der Waals surface area contributed by atoms with E-state index in [0.29, 0.717) is 0 Å². The van der Waals surface area contributed by atoms with Gasteiger partial charge in [-0.1, -0.05) is 23.5 Å². The molecule has 0 atom stereocenters. The SMILES string of the molecule is C/C(=N\N=c1/sc2ccccc2n1C)c1ccc(Br)s1. The first-order chi connectivity index (χ1) is 9.65. The van der Waals surface area contributed by atoms with E-state index in [-0.39, 0.29) is 0 Å². The van der Waals surface area contributed by atoms with Crippen LogP contribution in [0.3, 0.4) is 0 Å². The van der Waals surface area contributed by atoms with Crippen LogP contribution in [0.25, 0.3) is 10.2 Å². The first-order valence-electron chi connectivity index (χ1n) is 6.04. The number of thiazole rings is 1. The summed E-state index contributed by atoms with van der Waals surface area (Å²) in [6.07, 6.45) is 0. The van der Waals surface area contributed by atoms with Crippen LogP contribution in [0.4, 0.5) is 0 Å². The van der Waals surface area contributed by atoms with Crippen LogP contribution in [-0.4, -0.2) is 10.3 Å². The molecular formula is C14H12BrN3S2. The monoisotopic (exact) mass is 365 g/mol. The van der Waals surface area contributed by atoms with E-state index in [1.165, 1.54) is 10.2 Å². The van der Waals surface area contributed by atoms with Crippen molar-refractivity contribution in [2.45, 2.75) is 6.92 Å². The summed E-state index contributed by atoms with van der Waals surface area (Å²) in [6.45, 7) is 1.98. The van der Waals surface area contributed by atoms with Crippen LogP contribution in [0.15, 0.2) is 50.4 Å². The van der Waals surface area contributed by atoms with E-state index in [1.54, 1.807) is 22.7 Å². The number of fused-ring (bicyclic) bond motifs is 1. The van der Waals surface area contributed by atoms with Crippen LogP contribution in [0.2, 0.25) is 0 Å². The maximum absolute atomic E-state index is 4.39. The van der Waals surface area contributed by atoms with E-state index < -0.39 is 0 Å². The van der Waals surface area contributed by atoms with Gasteiger partial charge in [0.1, 0.15) is 0 Å². The molecule has 20 heavy (non-hydrogen) atoms. The van der Waals surface area contributed by atoms with Crippen molar-refractivity contribution in [1.82, 2.24) is 4.57 Å². The highest BCUT2D eigenvalue weighted by Gasteiger charge is 2.02. The summed E-state index contributed by atoms with van der Waals surface area (Å²) < 4.78 is 4.40. The van der Waals surface area contributed by atoms with Crippen LogP contribution in [0.5, 0.6) is 0 Å². The van der Waals surface area contributed by atoms with Gasteiger partial charge < -0.3 is 4.57 Å². The third-order valence-corrected chi connectivity index (χ3v) is 5.77. The Morgan fingerprint density at radius 3 is 2.65 bits per heavy atom. The maximum Gasteiger partial charge on any atom is 0.211 e. The molecule has 0 saturated heterocycles. The van der Waals surface area contributed by atoms with Gasteiger partial charge in [-0.2, -0.15) is 5.10 Å². The number of thiophene rings is 1. The van der Waals surface area contributed by atoms with Crippen LogP contribution in [0, 0.1) is 0 Å². The van der Waals surface area contributed by atoms with Gasteiger partial charge in [0.05, 0.1) is 24.6 Å². The summed E-state index contributed by atoms with van der Waals surface area (Å²) in [7, 11) is 2.02. The van der Waals surface area contributed by atoms with Crippen molar-refractivity contribution in [3.63, 3.8) is 0 Å². The van der Waals surface area contributed by atoms with Gasteiger partial charge in [-0.15, -0.1) is 16.4 Å². The number of hydrogen-bond acceptors (Lipinski definition) is 4. The van der Waals surface area contributed by atoms with Crippen LogP contribution in [-0.2, 0) is 7.05 Å². The zero-order valence-electron chi connectivity index (χ0n) is 11.0. The molecule has 0 aliphatic rings. The minimum atomic E-state index is 0.904. The molecule has 0 aliphatic carbocycles. The van der Waals surface area contributed by atoms with Gasteiger partial charge >= 0.3 is 0 Å². The second kappa shape index (κ2) is 5.63. The zero-order valence-corrected chi connectivity index (χ0v) is 14.2. The Kier molecular flexibility index (Phi) is 3.87. The first-order valence-corrected chi connectivity index (χ1v) is 8.46. The number of para-hydroxylation sites is 1. The fraction of sp³-hybridized carbons (Fsp3) is 0.143. The third-order valence-electron chi connectivity index (χ3n) is 2.93. The second-order valence-corrected chi connectivity index (χ2v) is 7.77. The lowest BCUT2D eigenvalue weighted by Crippen LogP contribution is -2.09. The molecule has 2 aromatic heterocycles. The van der Waals surface area contributed by atoms with Gasteiger partial charge in [0.15, 0.2) is 0 Å². The highest BCUT2D eigenvalue weighted by Crippen LogP contribution is 2.22. The van der Waals surface area contributed by atoms with Crippen molar-refractivity contribution >= 4 is 54.5 Å². The maximum atomic E-state index is 4.39. The Hall–Kier alpha value is -1.24. The van der Waals surface area contributed by atoms with Gasteiger partial charge in [-0.3, -0.25) is 0 Å². The van der Waals surface area contributed by atoms with Gasteiger partial charge in [-0.25, -0.2) is 0 Å². The van der Waals surface area contributed by atoms with Crippen molar-refractivity contribution in [2.75, 3.05) is 0 Å². The summed E-state index contributed by atoms with van der Waals surface area (Å²) in [5.74, 6) is 0. The quantitative estimate of drug-likeness (QED) is 0.476. The lowest BCUT2D eigenvalue weighted by atomic mass is 10.3. The minimum Gasteiger partial charge on any atom is -0.318 e. The number of hydrogen-bond donors (Lipinski definition) is 0. The molecule has 0 spiro atoms. The normalized spacial score (nSPS) is 13.3. The predicted molar refractivity (Wildman–Crippen MR) is 90.6 cm³/mol. The Bertz CT molecular complexity index is 855. The Morgan fingerprint density at radius 2 is 1.95 bits per heavy atom. The molecule has 0 saturated carbocycles. The number of aryl methyl sites for hydroxylation is 1. The Labute approximate surface area is 133 Å². The number of benzene rings is 1. The van der Waals surface area contributed by atoms with E-state index in [9.17, 15) is 0 Å². The predicted octanol–water partition coefficient (Wildman–Crippen LogP) is 4.39. The molecule has 1 aromatic carbocycles. The molecule has 0 bridgehead atoms. The van der Waals surface area contributed by atoms with Gasteiger partial charge in [0.2, 0.25) is 4.80 Å². The van der Waals surface area contributed by atoms with Crippen molar-refractivity contribution in [3.8, 4) is 0 Å². The fourth-order valence-electron chi connectivity index (χ4n) is 1.85. The molecule has 3 rings (SSSR count). The van der Waals surface area contributed by atoms with Crippen molar-refractivity contribution in [1.29, 1.82) is 0 Å². The topological polar surface area (TPSA) is 29.6 Å². The molecule has 0 N–H and O–H groups in total. The van der Waals surface area contributed by atoms with Gasteiger partial charge in [-0.05, 0) is 47.1 Å². The summed E-state index contributed by atoms with van der Waals surface area (Å²) in [4.78, 5) is 2.03. The van der Waals surface area contributed by atoms with E-state index >= 15 is 0 Å². The summed E-state index contributed by atoms with van der Waals surface area (Å²) >= 11 is 6.77. The summed E-state index contributed by atoms with van der Waals surface area (Å²) in [5.41, 5.74) is 2.11. The van der Waals surface area contributed by atoms with Crippen LogP contribution < -0.4 is 4.80 Å². The van der Waals surface area contributed by atoms with Crippen molar-refractivity contribution in [3.05, 3.63) is 49.9 Å². The molecule has 6 heteroatoms. The van der Waals surface area contributed by atoms with E-state index in [0.717, 1.165) is 19.2 Å². The lowest BCUT2D eigenvalue weighted by Gasteiger charge is -1.93. The largest absolute Gasteiger partial charge is 0.318 e. The fourth-order valence-corrected chi connectivity index (χ4v) is 4.15. The highest BCUT2D eigenvalue weighted by atomic mass is 79.9. The molecular weight excluding hydrogens is 354 g/mol. The first kappa shape index (κ1) is 13.7. The number of rotatable bonds is 2. The molecule has 0 fully saturated rings. The van der Waals surface area contributed by atoms with E-state index in [2.05, 4.69) is 42.8 Å². The Morgan fingerprint density at radius 1 is 1.15 bits per heavy atom. The molecule has 0 amide bonds. The highest BCUT2D eigenvalue weighted by molar-refractivity contribution is 9.11. The van der Waals surface area contributed by atoms with E-state index in [1.807, 2.05) is 38.2 Å².